The summed E-state index contributed by atoms with van der Waals surface area (Å²) in [6.45, 7) is 1.65. The van der Waals surface area contributed by atoms with Gasteiger partial charge in [-0.2, -0.15) is 0 Å². The van der Waals surface area contributed by atoms with Crippen LogP contribution in [-0.4, -0.2) is 21.8 Å². The lowest BCUT2D eigenvalue weighted by atomic mass is 9.92. The molecule has 7 heteroatoms. The number of oxazole rings is 1. The Morgan fingerprint density at radius 3 is 2.52 bits per heavy atom. The van der Waals surface area contributed by atoms with Crippen LogP contribution < -0.4 is 5.32 Å². The molecule has 3 amide bonds. The first-order valence-corrected chi connectivity index (χ1v) is 8.75. The Hall–Kier alpha value is -3.12. The molecule has 3 aromatic rings. The third kappa shape index (κ3) is 3.08. The van der Waals surface area contributed by atoms with E-state index in [2.05, 4.69) is 10.3 Å². The molecule has 6 nitrogen and oxygen atoms in total. The zero-order valence-electron chi connectivity index (χ0n) is 14.5. The number of halogens is 1. The summed E-state index contributed by atoms with van der Waals surface area (Å²) in [4.78, 5) is 30.6. The van der Waals surface area contributed by atoms with E-state index in [4.69, 9.17) is 16.0 Å². The summed E-state index contributed by atoms with van der Waals surface area (Å²) < 4.78 is 5.71. The highest BCUT2D eigenvalue weighted by atomic mass is 35.5. The third-order valence-corrected chi connectivity index (χ3v) is 4.85. The standard InChI is InChI=1S/C20H16ClN3O3/c1-20(14-5-3-2-4-6-14)18(25)24(19(26)23-20)12-17-22-11-16(27-17)13-7-9-15(21)10-8-13/h2-11H,12H2,1H3,(H,23,26). The molecule has 1 atom stereocenters. The van der Waals surface area contributed by atoms with Crippen molar-refractivity contribution in [2.75, 3.05) is 0 Å². The number of hydrogen-bond donors (Lipinski definition) is 1. The fourth-order valence-corrected chi connectivity index (χ4v) is 3.20. The van der Waals surface area contributed by atoms with Crippen LogP contribution >= 0.6 is 11.6 Å². The van der Waals surface area contributed by atoms with Gasteiger partial charge in [0.15, 0.2) is 5.76 Å². The summed E-state index contributed by atoms with van der Waals surface area (Å²) >= 11 is 5.89. The average molecular weight is 382 g/mol. The summed E-state index contributed by atoms with van der Waals surface area (Å²) in [5.41, 5.74) is 0.425. The lowest BCUT2D eigenvalue weighted by Crippen LogP contribution is -2.40. The molecule has 0 radical (unpaired) electrons. The number of carbonyl (C=O) groups excluding carboxylic acids is 2. The van der Waals surface area contributed by atoms with Gasteiger partial charge < -0.3 is 9.73 Å². The van der Waals surface area contributed by atoms with Gasteiger partial charge in [-0.15, -0.1) is 0 Å². The van der Waals surface area contributed by atoms with Crippen molar-refractivity contribution in [2.24, 2.45) is 0 Å². The summed E-state index contributed by atoms with van der Waals surface area (Å²) in [6, 6.07) is 15.8. The second kappa shape index (κ2) is 6.55. The molecule has 1 aromatic heterocycles. The van der Waals surface area contributed by atoms with Gasteiger partial charge in [0.1, 0.15) is 12.1 Å². The van der Waals surface area contributed by atoms with Crippen molar-refractivity contribution < 1.29 is 14.0 Å². The van der Waals surface area contributed by atoms with Crippen LogP contribution in [0.3, 0.4) is 0 Å². The van der Waals surface area contributed by atoms with Crippen LogP contribution in [0.25, 0.3) is 11.3 Å². The van der Waals surface area contributed by atoms with Crippen LogP contribution in [0.4, 0.5) is 4.79 Å². The molecule has 0 spiro atoms. The van der Waals surface area contributed by atoms with Gasteiger partial charge in [-0.05, 0) is 36.8 Å². The second-order valence-electron chi connectivity index (χ2n) is 6.44. The number of nitrogens with zero attached hydrogens (tertiary/aromatic N) is 2. The van der Waals surface area contributed by atoms with Gasteiger partial charge >= 0.3 is 6.03 Å². The van der Waals surface area contributed by atoms with Gasteiger partial charge in [-0.25, -0.2) is 9.78 Å². The van der Waals surface area contributed by atoms with Gasteiger partial charge in [0.2, 0.25) is 5.89 Å². The third-order valence-electron chi connectivity index (χ3n) is 4.60. The van der Waals surface area contributed by atoms with E-state index in [1.807, 2.05) is 42.5 Å². The van der Waals surface area contributed by atoms with Crippen molar-refractivity contribution in [3.63, 3.8) is 0 Å². The van der Waals surface area contributed by atoms with Crippen molar-refractivity contribution >= 4 is 23.5 Å². The molecule has 1 unspecified atom stereocenters. The molecular formula is C20H16ClN3O3. The van der Waals surface area contributed by atoms with Crippen LogP contribution in [0.5, 0.6) is 0 Å². The monoisotopic (exact) mass is 381 g/mol. The normalized spacial score (nSPS) is 19.4. The molecule has 1 fully saturated rings. The van der Waals surface area contributed by atoms with Crippen molar-refractivity contribution in [2.45, 2.75) is 19.0 Å². The fourth-order valence-electron chi connectivity index (χ4n) is 3.07. The maximum absolute atomic E-state index is 12.9. The number of rotatable bonds is 4. The molecule has 0 bridgehead atoms. The number of urea groups is 1. The zero-order valence-corrected chi connectivity index (χ0v) is 15.2. The Labute approximate surface area is 160 Å². The molecule has 1 N–H and O–H groups in total. The number of amides is 3. The molecule has 0 aliphatic carbocycles. The highest BCUT2D eigenvalue weighted by Crippen LogP contribution is 2.30. The predicted octanol–water partition coefficient (Wildman–Crippen LogP) is 3.96. The highest BCUT2D eigenvalue weighted by Gasteiger charge is 2.49. The zero-order chi connectivity index (χ0) is 19.0. The van der Waals surface area contributed by atoms with E-state index in [0.29, 0.717) is 10.8 Å². The quantitative estimate of drug-likeness (QED) is 0.694. The molecule has 27 heavy (non-hydrogen) atoms. The molecule has 136 valence electrons. The van der Waals surface area contributed by atoms with E-state index >= 15 is 0 Å². The first-order chi connectivity index (χ1) is 13.0. The van der Waals surface area contributed by atoms with Crippen LogP contribution in [0.1, 0.15) is 18.4 Å². The Morgan fingerprint density at radius 1 is 1.11 bits per heavy atom. The van der Waals surface area contributed by atoms with Crippen LogP contribution in [0, 0.1) is 0 Å². The van der Waals surface area contributed by atoms with Gasteiger partial charge in [0, 0.05) is 10.6 Å². The van der Waals surface area contributed by atoms with Gasteiger partial charge in [0.25, 0.3) is 5.91 Å². The minimum atomic E-state index is -1.11. The maximum atomic E-state index is 12.9. The lowest BCUT2D eigenvalue weighted by molar-refractivity contribution is -0.131. The van der Waals surface area contributed by atoms with Crippen LogP contribution in [0.2, 0.25) is 5.02 Å². The largest absolute Gasteiger partial charge is 0.439 e. The number of aromatic nitrogens is 1. The number of imide groups is 1. The van der Waals surface area contributed by atoms with Gasteiger partial charge in [-0.3, -0.25) is 9.69 Å². The average Bonchev–Trinajstić information content (AvgIpc) is 3.23. The van der Waals surface area contributed by atoms with E-state index in [1.54, 1.807) is 25.3 Å². The molecule has 2 heterocycles. The summed E-state index contributed by atoms with van der Waals surface area (Å²) in [7, 11) is 0. The molecule has 2 aromatic carbocycles. The molecular weight excluding hydrogens is 366 g/mol. The van der Waals surface area contributed by atoms with Crippen molar-refractivity contribution in [1.82, 2.24) is 15.2 Å². The van der Waals surface area contributed by atoms with E-state index in [9.17, 15) is 9.59 Å². The van der Waals surface area contributed by atoms with E-state index in [1.165, 1.54) is 0 Å². The molecule has 1 aliphatic heterocycles. The smallest absolute Gasteiger partial charge is 0.325 e. The minimum absolute atomic E-state index is 0.0410. The first kappa shape index (κ1) is 17.3. The molecule has 0 saturated carbocycles. The Balaban J connectivity index is 1.56. The van der Waals surface area contributed by atoms with Crippen LogP contribution in [-0.2, 0) is 16.9 Å². The van der Waals surface area contributed by atoms with Gasteiger partial charge in [0.05, 0.1) is 6.20 Å². The number of benzene rings is 2. The highest BCUT2D eigenvalue weighted by molar-refractivity contribution is 6.30. The number of carbonyl (C=O) groups is 2. The molecule has 4 rings (SSSR count). The van der Waals surface area contributed by atoms with E-state index in [-0.39, 0.29) is 18.3 Å². The Kier molecular flexibility index (Phi) is 4.20. The molecule has 1 aliphatic rings. The molecule has 1 saturated heterocycles. The van der Waals surface area contributed by atoms with E-state index in [0.717, 1.165) is 16.0 Å². The Bertz CT molecular complexity index is 1000. The summed E-state index contributed by atoms with van der Waals surface area (Å²) in [5, 5.41) is 3.39. The number of nitrogens with one attached hydrogen (secondary N) is 1. The number of hydrogen-bond acceptors (Lipinski definition) is 4. The van der Waals surface area contributed by atoms with Crippen molar-refractivity contribution in [3.05, 3.63) is 77.3 Å². The SMILES string of the molecule is CC1(c2ccccc2)NC(=O)N(Cc2ncc(-c3ccc(Cl)cc3)o2)C1=O. The maximum Gasteiger partial charge on any atom is 0.325 e. The summed E-state index contributed by atoms with van der Waals surface area (Å²) in [5.74, 6) is 0.477. The van der Waals surface area contributed by atoms with Crippen molar-refractivity contribution in [3.8, 4) is 11.3 Å². The lowest BCUT2D eigenvalue weighted by Gasteiger charge is -2.21. The fraction of sp³-hybridized carbons (Fsp3) is 0.150. The Morgan fingerprint density at radius 2 is 1.81 bits per heavy atom. The van der Waals surface area contributed by atoms with Crippen molar-refractivity contribution in [1.29, 1.82) is 0 Å². The topological polar surface area (TPSA) is 75.4 Å². The van der Waals surface area contributed by atoms with Crippen LogP contribution in [0.15, 0.2) is 65.2 Å². The van der Waals surface area contributed by atoms with E-state index < -0.39 is 11.6 Å². The minimum Gasteiger partial charge on any atom is -0.439 e. The summed E-state index contributed by atoms with van der Waals surface area (Å²) in [6.07, 6.45) is 1.56. The first-order valence-electron chi connectivity index (χ1n) is 8.38. The second-order valence-corrected chi connectivity index (χ2v) is 6.87. The van der Waals surface area contributed by atoms with Gasteiger partial charge in [-0.1, -0.05) is 41.9 Å². The predicted molar refractivity (Wildman–Crippen MR) is 99.8 cm³/mol.